The highest BCUT2D eigenvalue weighted by Gasteiger charge is 2.05. The molecule has 0 saturated carbocycles. The first-order valence-electron chi connectivity index (χ1n) is 7.17. The highest BCUT2D eigenvalue weighted by molar-refractivity contribution is 5.84. The predicted molar refractivity (Wildman–Crippen MR) is 86.3 cm³/mol. The molecule has 1 unspecified atom stereocenters. The molecule has 2 nitrogen and oxygen atoms in total. The number of hydrogen-bond acceptors (Lipinski definition) is 2. The summed E-state index contributed by atoms with van der Waals surface area (Å²) in [6, 6.07) is 13.2. The van der Waals surface area contributed by atoms with Crippen molar-refractivity contribution in [2.75, 3.05) is 13.7 Å². The molecular formula is C18H23NO. The van der Waals surface area contributed by atoms with Gasteiger partial charge in [0.2, 0.25) is 0 Å². The molecule has 20 heavy (non-hydrogen) atoms. The van der Waals surface area contributed by atoms with E-state index >= 15 is 0 Å². The Morgan fingerprint density at radius 3 is 2.65 bits per heavy atom. The second kappa shape index (κ2) is 7.11. The normalized spacial score (nSPS) is 12.9. The largest absolute Gasteiger partial charge is 0.497 e. The molecule has 1 N–H and O–H groups in total. The maximum absolute atomic E-state index is 5.26. The average molecular weight is 269 g/mol. The lowest BCUT2D eigenvalue weighted by atomic mass is 10.0. The lowest BCUT2D eigenvalue weighted by Crippen LogP contribution is -2.19. The zero-order valence-corrected chi connectivity index (χ0v) is 12.5. The van der Waals surface area contributed by atoms with Crippen molar-refractivity contribution < 1.29 is 4.74 Å². The average Bonchev–Trinajstić information content (AvgIpc) is 2.50. The van der Waals surface area contributed by atoms with Gasteiger partial charge in [0, 0.05) is 6.04 Å². The van der Waals surface area contributed by atoms with Crippen molar-refractivity contribution in [2.45, 2.75) is 26.3 Å². The molecule has 0 heterocycles. The topological polar surface area (TPSA) is 21.3 Å². The van der Waals surface area contributed by atoms with E-state index in [9.17, 15) is 0 Å². The van der Waals surface area contributed by atoms with Gasteiger partial charge in [-0.15, -0.1) is 0 Å². The number of rotatable bonds is 6. The summed E-state index contributed by atoms with van der Waals surface area (Å²) in [7, 11) is 1.70. The lowest BCUT2D eigenvalue weighted by Gasteiger charge is -2.14. The van der Waals surface area contributed by atoms with Crippen molar-refractivity contribution >= 4 is 10.8 Å². The summed E-state index contributed by atoms with van der Waals surface area (Å²) in [5, 5.41) is 6.02. The van der Waals surface area contributed by atoms with Crippen LogP contribution in [0.1, 0.15) is 31.9 Å². The van der Waals surface area contributed by atoms with Crippen LogP contribution in [0.15, 0.2) is 48.6 Å². The Hall–Kier alpha value is -1.80. The van der Waals surface area contributed by atoms with E-state index in [-0.39, 0.29) is 0 Å². The van der Waals surface area contributed by atoms with Crippen molar-refractivity contribution in [1.82, 2.24) is 5.32 Å². The molecule has 0 saturated heterocycles. The van der Waals surface area contributed by atoms with Gasteiger partial charge in [-0.3, -0.25) is 0 Å². The van der Waals surface area contributed by atoms with Gasteiger partial charge in [-0.1, -0.05) is 30.4 Å². The van der Waals surface area contributed by atoms with E-state index < -0.39 is 0 Å². The van der Waals surface area contributed by atoms with Crippen LogP contribution in [-0.4, -0.2) is 13.7 Å². The number of fused-ring (bicyclic) bond motifs is 1. The third kappa shape index (κ3) is 3.61. The number of benzene rings is 2. The Kier molecular flexibility index (Phi) is 5.19. The summed E-state index contributed by atoms with van der Waals surface area (Å²) in [5.41, 5.74) is 1.32. The predicted octanol–water partition coefficient (Wildman–Crippen LogP) is 4.47. The monoisotopic (exact) mass is 269 g/mol. The molecule has 0 aliphatic carbocycles. The lowest BCUT2D eigenvalue weighted by molar-refractivity contribution is 0.415. The molecule has 0 amide bonds. The molecule has 0 bridgehead atoms. The van der Waals surface area contributed by atoms with Gasteiger partial charge in [0.05, 0.1) is 7.11 Å². The zero-order valence-electron chi connectivity index (χ0n) is 12.5. The summed E-state index contributed by atoms with van der Waals surface area (Å²) in [4.78, 5) is 0. The van der Waals surface area contributed by atoms with Crippen LogP contribution in [0.5, 0.6) is 5.75 Å². The molecule has 2 aromatic carbocycles. The van der Waals surface area contributed by atoms with Gasteiger partial charge in [-0.05, 0) is 61.3 Å². The summed E-state index contributed by atoms with van der Waals surface area (Å²) in [6.07, 6.45) is 5.35. The van der Waals surface area contributed by atoms with Crippen LogP contribution in [0.25, 0.3) is 10.8 Å². The van der Waals surface area contributed by atoms with Crippen molar-refractivity contribution in [3.63, 3.8) is 0 Å². The molecular weight excluding hydrogens is 246 g/mol. The van der Waals surface area contributed by atoms with Crippen molar-refractivity contribution in [3.8, 4) is 5.75 Å². The van der Waals surface area contributed by atoms with Gasteiger partial charge in [0.15, 0.2) is 0 Å². The first kappa shape index (κ1) is 14.6. The fourth-order valence-corrected chi connectivity index (χ4v) is 2.31. The minimum atomic E-state index is 0.367. The zero-order chi connectivity index (χ0) is 14.4. The summed E-state index contributed by atoms with van der Waals surface area (Å²) < 4.78 is 5.26. The summed E-state index contributed by atoms with van der Waals surface area (Å²) in [5.74, 6) is 0.905. The van der Waals surface area contributed by atoms with Gasteiger partial charge in [0.25, 0.3) is 0 Å². The van der Waals surface area contributed by atoms with E-state index in [1.807, 2.05) is 6.07 Å². The summed E-state index contributed by atoms with van der Waals surface area (Å²) in [6.45, 7) is 5.27. The maximum Gasteiger partial charge on any atom is 0.119 e. The molecule has 2 rings (SSSR count). The van der Waals surface area contributed by atoms with Crippen LogP contribution < -0.4 is 10.1 Å². The Morgan fingerprint density at radius 1 is 1.15 bits per heavy atom. The minimum Gasteiger partial charge on any atom is -0.497 e. The van der Waals surface area contributed by atoms with Crippen LogP contribution >= 0.6 is 0 Å². The third-order valence-electron chi connectivity index (χ3n) is 3.57. The van der Waals surface area contributed by atoms with Gasteiger partial charge >= 0.3 is 0 Å². The van der Waals surface area contributed by atoms with Gasteiger partial charge in [0.1, 0.15) is 5.75 Å². The highest BCUT2D eigenvalue weighted by atomic mass is 16.5. The minimum absolute atomic E-state index is 0.367. The number of methoxy groups -OCH3 is 1. The Morgan fingerprint density at radius 2 is 1.90 bits per heavy atom. The molecule has 2 heteroatoms. The van der Waals surface area contributed by atoms with Gasteiger partial charge in [-0.2, -0.15) is 0 Å². The highest BCUT2D eigenvalue weighted by Crippen LogP contribution is 2.24. The molecule has 2 aromatic rings. The quantitative estimate of drug-likeness (QED) is 0.617. The van der Waals surface area contributed by atoms with E-state index in [1.54, 1.807) is 7.11 Å². The molecule has 0 radical (unpaired) electrons. The van der Waals surface area contributed by atoms with Gasteiger partial charge in [-0.25, -0.2) is 0 Å². The number of nitrogens with one attached hydrogen (secondary N) is 1. The first-order valence-corrected chi connectivity index (χ1v) is 7.17. The van der Waals surface area contributed by atoms with Crippen LogP contribution in [0, 0.1) is 0 Å². The van der Waals surface area contributed by atoms with E-state index in [0.717, 1.165) is 18.7 Å². The molecule has 106 valence electrons. The molecule has 0 fully saturated rings. The fourth-order valence-electron chi connectivity index (χ4n) is 2.31. The van der Waals surface area contributed by atoms with E-state index in [0.29, 0.717) is 6.04 Å². The smallest absolute Gasteiger partial charge is 0.119 e. The Bertz CT molecular complexity index is 589. The molecule has 0 aromatic heterocycles. The maximum atomic E-state index is 5.26. The SMILES string of the molecule is C/C=C/CCNC(C)c1ccc2cc(OC)ccc2c1. The molecule has 0 spiro atoms. The number of hydrogen-bond donors (Lipinski definition) is 1. The van der Waals surface area contributed by atoms with Crippen molar-refractivity contribution in [3.05, 3.63) is 54.1 Å². The fraction of sp³-hybridized carbons (Fsp3) is 0.333. The molecule has 1 atom stereocenters. The number of ether oxygens (including phenoxy) is 1. The van der Waals surface area contributed by atoms with Crippen LogP contribution in [0.2, 0.25) is 0 Å². The molecule has 0 aliphatic rings. The second-order valence-corrected chi connectivity index (χ2v) is 5.01. The standard InChI is InChI=1S/C18H23NO/c1-4-5-6-11-19-14(2)15-7-8-17-13-18(20-3)10-9-16(17)12-15/h4-5,7-10,12-14,19H,6,11H2,1-3H3/b5-4+. The second-order valence-electron chi connectivity index (χ2n) is 5.01. The van der Waals surface area contributed by atoms with Crippen LogP contribution in [0.3, 0.4) is 0 Å². The third-order valence-corrected chi connectivity index (χ3v) is 3.57. The Balaban J connectivity index is 2.10. The van der Waals surface area contributed by atoms with Crippen LogP contribution in [-0.2, 0) is 0 Å². The Labute approximate surface area is 121 Å². The van der Waals surface area contributed by atoms with Gasteiger partial charge < -0.3 is 10.1 Å². The van der Waals surface area contributed by atoms with E-state index in [2.05, 4.69) is 61.6 Å². The summed E-state index contributed by atoms with van der Waals surface area (Å²) >= 11 is 0. The van der Waals surface area contributed by atoms with Crippen molar-refractivity contribution in [2.24, 2.45) is 0 Å². The van der Waals surface area contributed by atoms with E-state index in [1.165, 1.54) is 16.3 Å². The van der Waals surface area contributed by atoms with Crippen LogP contribution in [0.4, 0.5) is 0 Å². The first-order chi connectivity index (χ1) is 9.74. The number of allylic oxidation sites excluding steroid dienone is 1. The molecule has 0 aliphatic heterocycles. The van der Waals surface area contributed by atoms with E-state index in [4.69, 9.17) is 4.74 Å². The van der Waals surface area contributed by atoms with Crippen molar-refractivity contribution in [1.29, 1.82) is 0 Å².